The molecule has 1 aromatic heterocycles. The summed E-state index contributed by atoms with van der Waals surface area (Å²) in [6.07, 6.45) is 0. The number of hydrogen-bond acceptors (Lipinski definition) is 2. The van der Waals surface area contributed by atoms with Gasteiger partial charge < -0.3 is 9.30 Å². The maximum absolute atomic E-state index is 12.1. The Kier molecular flexibility index (Phi) is 4.12. The standard InChI is InChI=1S/C13H13Br2NO2/c1-3-18-13(17)12-9-5-4-8(15)6-10(9)16(2)11(12)7-14/h4-6H,3,7H2,1-2H3. The molecule has 0 saturated carbocycles. The average molecular weight is 375 g/mol. The van der Waals surface area contributed by atoms with Crippen LogP contribution in [0.2, 0.25) is 0 Å². The largest absolute Gasteiger partial charge is 0.462 e. The lowest BCUT2D eigenvalue weighted by atomic mass is 10.1. The van der Waals surface area contributed by atoms with Crippen molar-refractivity contribution in [2.24, 2.45) is 7.05 Å². The SMILES string of the molecule is CCOC(=O)c1c(CBr)n(C)c2cc(Br)ccc12. The lowest BCUT2D eigenvalue weighted by molar-refractivity contribution is 0.0527. The summed E-state index contributed by atoms with van der Waals surface area (Å²) in [5, 5.41) is 1.54. The van der Waals surface area contributed by atoms with E-state index in [1.54, 1.807) is 0 Å². The molecule has 0 unspecified atom stereocenters. The van der Waals surface area contributed by atoms with Crippen molar-refractivity contribution in [3.05, 3.63) is 33.9 Å². The summed E-state index contributed by atoms with van der Waals surface area (Å²) in [7, 11) is 1.95. The van der Waals surface area contributed by atoms with Crippen molar-refractivity contribution >= 4 is 48.7 Å². The molecule has 18 heavy (non-hydrogen) atoms. The van der Waals surface area contributed by atoms with E-state index >= 15 is 0 Å². The summed E-state index contributed by atoms with van der Waals surface area (Å²) in [5.74, 6) is -0.264. The number of ether oxygens (including phenoxy) is 1. The van der Waals surface area contributed by atoms with Gasteiger partial charge in [-0.2, -0.15) is 0 Å². The molecular formula is C13H13Br2NO2. The highest BCUT2D eigenvalue weighted by atomic mass is 79.9. The molecule has 0 amide bonds. The normalized spacial score (nSPS) is 10.9. The Morgan fingerprint density at radius 3 is 2.78 bits per heavy atom. The molecule has 0 spiro atoms. The molecule has 0 fully saturated rings. The quantitative estimate of drug-likeness (QED) is 0.600. The Bertz CT molecular complexity index is 605. The van der Waals surface area contributed by atoms with Gasteiger partial charge in [-0.25, -0.2) is 4.79 Å². The molecule has 2 aromatic rings. The van der Waals surface area contributed by atoms with E-state index in [9.17, 15) is 4.79 Å². The van der Waals surface area contributed by atoms with Gasteiger partial charge in [0.15, 0.2) is 0 Å². The second-order valence-corrected chi connectivity index (χ2v) is 5.37. The van der Waals surface area contributed by atoms with E-state index in [-0.39, 0.29) is 5.97 Å². The van der Waals surface area contributed by atoms with Gasteiger partial charge in [0, 0.05) is 33.4 Å². The van der Waals surface area contributed by atoms with Crippen LogP contribution >= 0.6 is 31.9 Å². The number of fused-ring (bicyclic) bond motifs is 1. The number of rotatable bonds is 3. The van der Waals surface area contributed by atoms with Crippen LogP contribution in [-0.4, -0.2) is 17.1 Å². The van der Waals surface area contributed by atoms with Crippen LogP contribution < -0.4 is 0 Å². The van der Waals surface area contributed by atoms with Gasteiger partial charge in [0.1, 0.15) is 0 Å². The third-order valence-corrected chi connectivity index (χ3v) is 3.91. The third-order valence-electron chi connectivity index (χ3n) is 2.89. The van der Waals surface area contributed by atoms with Crippen molar-refractivity contribution in [1.29, 1.82) is 0 Å². The monoisotopic (exact) mass is 373 g/mol. The number of benzene rings is 1. The molecule has 0 aliphatic carbocycles. The van der Waals surface area contributed by atoms with Gasteiger partial charge in [0.2, 0.25) is 0 Å². The number of carbonyl (C=O) groups excluding carboxylic acids is 1. The summed E-state index contributed by atoms with van der Waals surface area (Å²) in [5.41, 5.74) is 2.60. The van der Waals surface area contributed by atoms with Gasteiger partial charge in [-0.05, 0) is 19.1 Å². The van der Waals surface area contributed by atoms with Crippen LogP contribution in [0, 0.1) is 0 Å². The minimum absolute atomic E-state index is 0.264. The highest BCUT2D eigenvalue weighted by molar-refractivity contribution is 9.10. The lowest BCUT2D eigenvalue weighted by Gasteiger charge is -2.04. The Labute approximate surface area is 122 Å². The molecule has 1 aromatic carbocycles. The molecule has 0 N–H and O–H groups in total. The second-order valence-electron chi connectivity index (χ2n) is 3.90. The van der Waals surface area contributed by atoms with E-state index in [1.165, 1.54) is 0 Å². The number of hydrogen-bond donors (Lipinski definition) is 0. The Balaban J connectivity index is 2.73. The number of halogens is 2. The summed E-state index contributed by atoms with van der Waals surface area (Å²) < 4.78 is 8.14. The topological polar surface area (TPSA) is 31.2 Å². The maximum atomic E-state index is 12.1. The van der Waals surface area contributed by atoms with Crippen LogP contribution in [0.4, 0.5) is 0 Å². The van der Waals surface area contributed by atoms with E-state index in [4.69, 9.17) is 4.74 Å². The van der Waals surface area contributed by atoms with Crippen LogP contribution in [0.15, 0.2) is 22.7 Å². The van der Waals surface area contributed by atoms with Gasteiger partial charge in [-0.15, -0.1) is 0 Å². The first-order chi connectivity index (χ1) is 8.60. The molecule has 0 aliphatic heterocycles. The number of aryl methyl sites for hydroxylation is 1. The highest BCUT2D eigenvalue weighted by Gasteiger charge is 2.21. The number of nitrogens with zero attached hydrogens (tertiary/aromatic N) is 1. The van der Waals surface area contributed by atoms with Crippen molar-refractivity contribution in [1.82, 2.24) is 4.57 Å². The number of alkyl halides is 1. The fourth-order valence-corrected chi connectivity index (χ4v) is 3.06. The highest BCUT2D eigenvalue weighted by Crippen LogP contribution is 2.29. The predicted octanol–water partition coefficient (Wildman–Crippen LogP) is 4.01. The number of aromatic nitrogens is 1. The van der Waals surface area contributed by atoms with Gasteiger partial charge in [0.25, 0.3) is 0 Å². The van der Waals surface area contributed by atoms with Gasteiger partial charge >= 0.3 is 5.97 Å². The van der Waals surface area contributed by atoms with Gasteiger partial charge in [-0.3, -0.25) is 0 Å². The molecule has 0 aliphatic rings. The fourth-order valence-electron chi connectivity index (χ4n) is 2.05. The van der Waals surface area contributed by atoms with Crippen molar-refractivity contribution in [2.45, 2.75) is 12.3 Å². The van der Waals surface area contributed by atoms with Crippen LogP contribution in [0.25, 0.3) is 10.9 Å². The molecule has 5 heteroatoms. The van der Waals surface area contributed by atoms with Crippen molar-refractivity contribution < 1.29 is 9.53 Å². The molecule has 96 valence electrons. The van der Waals surface area contributed by atoms with Crippen LogP contribution in [0.3, 0.4) is 0 Å². The zero-order valence-electron chi connectivity index (χ0n) is 10.2. The molecule has 1 heterocycles. The minimum Gasteiger partial charge on any atom is -0.462 e. The van der Waals surface area contributed by atoms with Gasteiger partial charge in [-0.1, -0.05) is 37.9 Å². The van der Waals surface area contributed by atoms with Gasteiger partial charge in [0.05, 0.1) is 12.2 Å². The molecule has 0 bridgehead atoms. The summed E-state index contributed by atoms with van der Waals surface area (Å²) in [6.45, 7) is 2.20. The van der Waals surface area contributed by atoms with E-state index in [2.05, 4.69) is 31.9 Å². The lowest BCUT2D eigenvalue weighted by Crippen LogP contribution is -2.07. The first kappa shape index (κ1) is 13.6. The van der Waals surface area contributed by atoms with E-state index in [0.29, 0.717) is 17.5 Å². The Morgan fingerprint density at radius 2 is 2.17 bits per heavy atom. The van der Waals surface area contributed by atoms with Crippen LogP contribution in [-0.2, 0) is 17.1 Å². The van der Waals surface area contributed by atoms with E-state index < -0.39 is 0 Å². The molecular weight excluding hydrogens is 362 g/mol. The van der Waals surface area contributed by atoms with Crippen LogP contribution in [0.1, 0.15) is 23.0 Å². The van der Waals surface area contributed by atoms with Crippen molar-refractivity contribution in [3.63, 3.8) is 0 Å². The first-order valence-corrected chi connectivity index (χ1v) is 7.51. The average Bonchev–Trinajstić information content (AvgIpc) is 2.62. The Morgan fingerprint density at radius 1 is 1.44 bits per heavy atom. The summed E-state index contributed by atoms with van der Waals surface area (Å²) in [4.78, 5) is 12.1. The molecule has 0 atom stereocenters. The summed E-state index contributed by atoms with van der Waals surface area (Å²) >= 11 is 6.88. The molecule has 0 radical (unpaired) electrons. The van der Waals surface area contributed by atoms with Crippen LogP contribution in [0.5, 0.6) is 0 Å². The number of carbonyl (C=O) groups is 1. The predicted molar refractivity (Wildman–Crippen MR) is 79.2 cm³/mol. The second kappa shape index (κ2) is 5.45. The molecule has 3 nitrogen and oxygen atoms in total. The van der Waals surface area contributed by atoms with Crippen molar-refractivity contribution in [2.75, 3.05) is 6.61 Å². The first-order valence-electron chi connectivity index (χ1n) is 5.60. The zero-order chi connectivity index (χ0) is 13.3. The maximum Gasteiger partial charge on any atom is 0.340 e. The van der Waals surface area contributed by atoms with E-state index in [0.717, 1.165) is 21.1 Å². The summed E-state index contributed by atoms with van der Waals surface area (Å²) in [6, 6.07) is 5.88. The Hall–Kier alpha value is -0.810. The van der Waals surface area contributed by atoms with Crippen molar-refractivity contribution in [3.8, 4) is 0 Å². The third kappa shape index (κ3) is 2.21. The molecule has 2 rings (SSSR count). The minimum atomic E-state index is -0.264. The zero-order valence-corrected chi connectivity index (χ0v) is 13.3. The number of esters is 1. The van der Waals surface area contributed by atoms with E-state index in [1.807, 2.05) is 36.7 Å². The molecule has 0 saturated heterocycles. The fraction of sp³-hybridized carbons (Fsp3) is 0.308. The smallest absolute Gasteiger partial charge is 0.340 e.